The van der Waals surface area contributed by atoms with E-state index in [1.54, 1.807) is 0 Å². The van der Waals surface area contributed by atoms with Crippen LogP contribution in [0.2, 0.25) is 0 Å². The minimum atomic E-state index is -0.449. The Balaban J connectivity index is 1.37. The van der Waals surface area contributed by atoms with Crippen molar-refractivity contribution in [3.8, 4) is 11.4 Å². The van der Waals surface area contributed by atoms with E-state index in [9.17, 15) is 4.79 Å². The van der Waals surface area contributed by atoms with Crippen LogP contribution in [0.25, 0.3) is 22.3 Å². The largest absolute Gasteiger partial charge is 0.452 e. The van der Waals surface area contributed by atoms with Crippen molar-refractivity contribution in [3.63, 3.8) is 0 Å². The molecule has 0 amide bonds. The number of ether oxygens (including phenoxy) is 1. The first-order valence-corrected chi connectivity index (χ1v) is 10.4. The third-order valence-corrected chi connectivity index (χ3v) is 5.43. The van der Waals surface area contributed by atoms with Crippen molar-refractivity contribution >= 4 is 22.7 Å². The zero-order valence-electron chi connectivity index (χ0n) is 17.2. The highest BCUT2D eigenvalue weighted by atomic mass is 16.6. The SMILES string of the molecule is Cc1ccc(-c2noc(COC(=O)c3cc4ccccc4nc3N3CCCC3)n2)cc1. The summed E-state index contributed by atoms with van der Waals surface area (Å²) in [6, 6.07) is 17.5. The van der Waals surface area contributed by atoms with Gasteiger partial charge in [-0.2, -0.15) is 4.98 Å². The molecule has 31 heavy (non-hydrogen) atoms. The maximum Gasteiger partial charge on any atom is 0.342 e. The first-order valence-electron chi connectivity index (χ1n) is 10.4. The highest BCUT2D eigenvalue weighted by molar-refractivity contribution is 5.99. The van der Waals surface area contributed by atoms with Gasteiger partial charge in [0.25, 0.3) is 5.89 Å². The van der Waals surface area contributed by atoms with Crippen molar-refractivity contribution in [2.75, 3.05) is 18.0 Å². The van der Waals surface area contributed by atoms with Gasteiger partial charge in [0.15, 0.2) is 6.61 Å². The molecular weight excluding hydrogens is 392 g/mol. The Hall–Kier alpha value is -3.74. The number of pyridine rings is 1. The molecule has 0 unspecified atom stereocenters. The van der Waals surface area contributed by atoms with E-state index in [2.05, 4.69) is 15.0 Å². The van der Waals surface area contributed by atoms with Gasteiger partial charge in [0, 0.05) is 24.0 Å². The molecule has 0 aliphatic carbocycles. The molecule has 0 spiro atoms. The predicted octanol–water partition coefficient (Wildman–Crippen LogP) is 4.55. The lowest BCUT2D eigenvalue weighted by Gasteiger charge is -2.20. The number of hydrogen-bond acceptors (Lipinski definition) is 7. The molecule has 7 heteroatoms. The Morgan fingerprint density at radius 3 is 2.65 bits per heavy atom. The molecule has 7 nitrogen and oxygen atoms in total. The third kappa shape index (κ3) is 3.99. The zero-order chi connectivity index (χ0) is 21.2. The zero-order valence-corrected chi connectivity index (χ0v) is 17.2. The van der Waals surface area contributed by atoms with E-state index in [4.69, 9.17) is 14.2 Å². The first kappa shape index (κ1) is 19.2. The fourth-order valence-electron chi connectivity index (χ4n) is 3.76. The average molecular weight is 414 g/mol. The molecule has 1 saturated heterocycles. The van der Waals surface area contributed by atoms with E-state index in [0.29, 0.717) is 17.2 Å². The van der Waals surface area contributed by atoms with Gasteiger partial charge in [-0.05, 0) is 31.9 Å². The summed E-state index contributed by atoms with van der Waals surface area (Å²) in [4.78, 5) is 24.2. The molecule has 3 heterocycles. The molecule has 2 aromatic carbocycles. The first-order chi connectivity index (χ1) is 15.2. The van der Waals surface area contributed by atoms with Crippen LogP contribution >= 0.6 is 0 Å². The molecule has 4 aromatic rings. The van der Waals surface area contributed by atoms with Crippen LogP contribution in [0.4, 0.5) is 5.82 Å². The van der Waals surface area contributed by atoms with Gasteiger partial charge in [0.1, 0.15) is 11.4 Å². The molecule has 0 N–H and O–H groups in total. The van der Waals surface area contributed by atoms with E-state index >= 15 is 0 Å². The molecule has 0 atom stereocenters. The Bertz CT molecular complexity index is 1230. The average Bonchev–Trinajstić information content (AvgIpc) is 3.49. The number of aryl methyl sites for hydroxylation is 1. The maximum atomic E-state index is 13.0. The number of carbonyl (C=O) groups excluding carboxylic acids is 1. The number of rotatable bonds is 5. The van der Waals surface area contributed by atoms with Crippen LogP contribution < -0.4 is 4.90 Å². The summed E-state index contributed by atoms with van der Waals surface area (Å²) in [6.07, 6.45) is 2.18. The number of fused-ring (bicyclic) bond motifs is 1. The summed E-state index contributed by atoms with van der Waals surface area (Å²) in [5.74, 6) is 0.943. The molecule has 0 radical (unpaired) electrons. The van der Waals surface area contributed by atoms with E-state index in [1.165, 1.54) is 0 Å². The minimum absolute atomic E-state index is 0.0933. The number of benzene rings is 2. The normalized spacial score (nSPS) is 13.6. The second kappa shape index (κ2) is 8.18. The Morgan fingerprint density at radius 2 is 1.84 bits per heavy atom. The number of esters is 1. The van der Waals surface area contributed by atoms with Crippen LogP contribution in [0.3, 0.4) is 0 Å². The van der Waals surface area contributed by atoms with Crippen LogP contribution in [-0.2, 0) is 11.3 Å². The lowest BCUT2D eigenvalue weighted by molar-refractivity contribution is 0.0430. The van der Waals surface area contributed by atoms with Crippen molar-refractivity contribution in [2.24, 2.45) is 0 Å². The number of para-hydroxylation sites is 1. The van der Waals surface area contributed by atoms with Gasteiger partial charge in [-0.15, -0.1) is 0 Å². The summed E-state index contributed by atoms with van der Waals surface area (Å²) < 4.78 is 10.8. The molecule has 0 bridgehead atoms. The Morgan fingerprint density at radius 1 is 1.06 bits per heavy atom. The smallest absolute Gasteiger partial charge is 0.342 e. The molecule has 1 aliphatic heterocycles. The van der Waals surface area contributed by atoms with Crippen LogP contribution in [0.1, 0.15) is 34.7 Å². The van der Waals surface area contributed by atoms with Gasteiger partial charge >= 0.3 is 5.97 Å². The van der Waals surface area contributed by atoms with Crippen molar-refractivity contribution in [1.82, 2.24) is 15.1 Å². The number of aromatic nitrogens is 3. The third-order valence-electron chi connectivity index (χ3n) is 5.43. The van der Waals surface area contributed by atoms with E-state index in [0.717, 1.165) is 48.0 Å². The van der Waals surface area contributed by atoms with Crippen LogP contribution in [0.15, 0.2) is 59.1 Å². The van der Waals surface area contributed by atoms with Crippen molar-refractivity contribution in [1.29, 1.82) is 0 Å². The van der Waals surface area contributed by atoms with Gasteiger partial charge < -0.3 is 14.2 Å². The standard InChI is InChI=1S/C24H22N4O3/c1-16-8-10-17(11-9-16)22-26-21(31-27-22)15-30-24(29)19-14-18-6-2-3-7-20(18)25-23(19)28-12-4-5-13-28/h2-3,6-11,14H,4-5,12-13,15H2,1H3. The minimum Gasteiger partial charge on any atom is -0.452 e. The highest BCUT2D eigenvalue weighted by Gasteiger charge is 2.23. The van der Waals surface area contributed by atoms with Crippen molar-refractivity contribution in [2.45, 2.75) is 26.4 Å². The van der Waals surface area contributed by atoms with Gasteiger partial charge in [0.05, 0.1) is 5.52 Å². The fourth-order valence-corrected chi connectivity index (χ4v) is 3.76. The number of anilines is 1. The number of hydrogen-bond donors (Lipinski definition) is 0. The Kier molecular flexibility index (Phi) is 5.08. The molecule has 2 aromatic heterocycles. The number of nitrogens with zero attached hydrogens (tertiary/aromatic N) is 4. The van der Waals surface area contributed by atoms with Gasteiger partial charge in [-0.3, -0.25) is 0 Å². The second-order valence-electron chi connectivity index (χ2n) is 7.70. The van der Waals surface area contributed by atoms with E-state index in [1.807, 2.05) is 61.5 Å². The summed E-state index contributed by atoms with van der Waals surface area (Å²) in [5, 5.41) is 4.89. The van der Waals surface area contributed by atoms with Crippen LogP contribution in [0.5, 0.6) is 0 Å². The summed E-state index contributed by atoms with van der Waals surface area (Å²) in [5.41, 5.74) is 3.32. The fraction of sp³-hybridized carbons (Fsp3) is 0.250. The lowest BCUT2D eigenvalue weighted by atomic mass is 10.1. The Labute approximate surface area is 179 Å². The van der Waals surface area contributed by atoms with E-state index < -0.39 is 5.97 Å². The van der Waals surface area contributed by atoms with Crippen LogP contribution in [0, 0.1) is 6.92 Å². The van der Waals surface area contributed by atoms with Gasteiger partial charge in [0.2, 0.25) is 5.82 Å². The summed E-state index contributed by atoms with van der Waals surface area (Å²) in [7, 11) is 0. The molecule has 1 fully saturated rings. The van der Waals surface area contributed by atoms with E-state index in [-0.39, 0.29) is 12.5 Å². The lowest BCUT2D eigenvalue weighted by Crippen LogP contribution is -2.23. The quantitative estimate of drug-likeness (QED) is 0.443. The number of carbonyl (C=O) groups is 1. The molecule has 1 aliphatic rings. The summed E-state index contributed by atoms with van der Waals surface area (Å²) in [6.45, 7) is 3.69. The van der Waals surface area contributed by atoms with Crippen LogP contribution in [-0.4, -0.2) is 34.2 Å². The molecule has 0 saturated carbocycles. The van der Waals surface area contributed by atoms with Gasteiger partial charge in [-0.1, -0.05) is 53.2 Å². The topological polar surface area (TPSA) is 81.3 Å². The second-order valence-corrected chi connectivity index (χ2v) is 7.70. The molecular formula is C24H22N4O3. The van der Waals surface area contributed by atoms with Crippen molar-refractivity contribution < 1.29 is 14.1 Å². The highest BCUT2D eigenvalue weighted by Crippen LogP contribution is 2.27. The summed E-state index contributed by atoms with van der Waals surface area (Å²) >= 11 is 0. The van der Waals surface area contributed by atoms with Gasteiger partial charge in [-0.25, -0.2) is 9.78 Å². The maximum absolute atomic E-state index is 13.0. The van der Waals surface area contributed by atoms with Crippen molar-refractivity contribution in [3.05, 3.63) is 71.6 Å². The molecule has 5 rings (SSSR count). The predicted molar refractivity (Wildman–Crippen MR) is 117 cm³/mol. The monoisotopic (exact) mass is 414 g/mol. The molecule has 156 valence electrons.